The number of hydrogen-bond donors (Lipinski definition) is 3. The number of phenolic OH excluding ortho intramolecular Hbond substituents is 1. The van der Waals surface area contributed by atoms with Crippen LogP contribution in [0.5, 0.6) is 5.75 Å². The van der Waals surface area contributed by atoms with Gasteiger partial charge in [-0.25, -0.2) is 0 Å². The number of hydrogen-bond acceptors (Lipinski definition) is 3. The standard InChI is InChI=1S/C10H14N2O2/c1-11-10(14)7-12-6-8-3-2-4-9(13)5-8/h2-5,12-13H,6-7H2,1H3,(H,11,14). The molecule has 0 unspecified atom stereocenters. The van der Waals surface area contributed by atoms with Crippen LogP contribution in [-0.4, -0.2) is 24.6 Å². The lowest BCUT2D eigenvalue weighted by atomic mass is 10.2. The van der Waals surface area contributed by atoms with Gasteiger partial charge in [0, 0.05) is 13.6 Å². The van der Waals surface area contributed by atoms with Gasteiger partial charge in [0.1, 0.15) is 5.75 Å². The first-order valence-corrected chi connectivity index (χ1v) is 4.41. The maximum absolute atomic E-state index is 10.8. The van der Waals surface area contributed by atoms with Crippen LogP contribution in [0.15, 0.2) is 24.3 Å². The Hall–Kier alpha value is -1.55. The van der Waals surface area contributed by atoms with E-state index in [1.165, 1.54) is 0 Å². The monoisotopic (exact) mass is 194 g/mol. The van der Waals surface area contributed by atoms with Crippen molar-refractivity contribution in [1.82, 2.24) is 10.6 Å². The molecule has 0 aliphatic rings. The minimum atomic E-state index is -0.0508. The van der Waals surface area contributed by atoms with Crippen LogP contribution in [0.3, 0.4) is 0 Å². The van der Waals surface area contributed by atoms with Gasteiger partial charge in [-0.05, 0) is 17.7 Å². The van der Waals surface area contributed by atoms with E-state index in [9.17, 15) is 4.79 Å². The first kappa shape index (κ1) is 10.5. The number of carbonyl (C=O) groups excluding carboxylic acids is 1. The number of carbonyl (C=O) groups is 1. The SMILES string of the molecule is CNC(=O)CNCc1cccc(O)c1. The van der Waals surface area contributed by atoms with Crippen LogP contribution < -0.4 is 10.6 Å². The highest BCUT2D eigenvalue weighted by Gasteiger charge is 1.97. The highest BCUT2D eigenvalue weighted by atomic mass is 16.3. The summed E-state index contributed by atoms with van der Waals surface area (Å²) >= 11 is 0. The van der Waals surface area contributed by atoms with E-state index in [1.807, 2.05) is 6.07 Å². The van der Waals surface area contributed by atoms with E-state index in [2.05, 4.69) is 10.6 Å². The second kappa shape index (κ2) is 5.24. The quantitative estimate of drug-likeness (QED) is 0.643. The van der Waals surface area contributed by atoms with E-state index in [-0.39, 0.29) is 18.2 Å². The maximum atomic E-state index is 10.8. The number of benzene rings is 1. The molecule has 0 spiro atoms. The highest BCUT2D eigenvalue weighted by Crippen LogP contribution is 2.09. The predicted octanol–water partition coefficient (Wildman–Crippen LogP) is 0.228. The molecule has 1 rings (SSSR count). The second-order valence-electron chi connectivity index (χ2n) is 2.95. The minimum absolute atomic E-state index is 0.0508. The van der Waals surface area contributed by atoms with Crippen LogP contribution in [0.2, 0.25) is 0 Å². The Kier molecular flexibility index (Phi) is 3.94. The van der Waals surface area contributed by atoms with E-state index >= 15 is 0 Å². The smallest absolute Gasteiger partial charge is 0.233 e. The Morgan fingerprint density at radius 1 is 1.50 bits per heavy atom. The van der Waals surface area contributed by atoms with Gasteiger partial charge in [-0.15, -0.1) is 0 Å². The van der Waals surface area contributed by atoms with E-state index < -0.39 is 0 Å². The molecular weight excluding hydrogens is 180 g/mol. The van der Waals surface area contributed by atoms with Crippen molar-refractivity contribution < 1.29 is 9.90 Å². The van der Waals surface area contributed by atoms with Crippen molar-refractivity contribution in [2.24, 2.45) is 0 Å². The van der Waals surface area contributed by atoms with Crippen LogP contribution in [-0.2, 0) is 11.3 Å². The largest absolute Gasteiger partial charge is 0.508 e. The number of rotatable bonds is 4. The van der Waals surface area contributed by atoms with Gasteiger partial charge in [-0.2, -0.15) is 0 Å². The van der Waals surface area contributed by atoms with Gasteiger partial charge in [-0.1, -0.05) is 12.1 Å². The molecule has 4 nitrogen and oxygen atoms in total. The number of phenols is 1. The molecule has 14 heavy (non-hydrogen) atoms. The number of aromatic hydroxyl groups is 1. The van der Waals surface area contributed by atoms with Gasteiger partial charge in [0.15, 0.2) is 0 Å². The summed E-state index contributed by atoms with van der Waals surface area (Å²) in [5, 5.41) is 14.6. The third-order valence-electron chi connectivity index (χ3n) is 1.80. The van der Waals surface area contributed by atoms with Crippen LogP contribution in [0.25, 0.3) is 0 Å². The molecule has 0 saturated heterocycles. The van der Waals surface area contributed by atoms with Gasteiger partial charge < -0.3 is 15.7 Å². The number of nitrogens with one attached hydrogen (secondary N) is 2. The third-order valence-corrected chi connectivity index (χ3v) is 1.80. The molecule has 0 aromatic heterocycles. The molecule has 4 heteroatoms. The third kappa shape index (κ3) is 3.45. The molecule has 1 aromatic rings. The zero-order chi connectivity index (χ0) is 10.4. The van der Waals surface area contributed by atoms with E-state index in [0.717, 1.165) is 5.56 Å². The fraction of sp³-hybridized carbons (Fsp3) is 0.300. The molecule has 0 saturated carbocycles. The van der Waals surface area contributed by atoms with Gasteiger partial charge >= 0.3 is 0 Å². The fourth-order valence-corrected chi connectivity index (χ4v) is 1.08. The summed E-state index contributed by atoms with van der Waals surface area (Å²) in [6.45, 7) is 0.855. The molecular formula is C10H14N2O2. The van der Waals surface area contributed by atoms with Crippen LogP contribution in [0, 0.1) is 0 Å². The molecule has 1 aromatic carbocycles. The Balaban J connectivity index is 2.35. The first-order valence-electron chi connectivity index (χ1n) is 4.41. The van der Waals surface area contributed by atoms with Crippen LogP contribution in [0.4, 0.5) is 0 Å². The van der Waals surface area contributed by atoms with Crippen molar-refractivity contribution in [1.29, 1.82) is 0 Å². The van der Waals surface area contributed by atoms with Crippen LogP contribution in [0.1, 0.15) is 5.56 Å². The van der Waals surface area contributed by atoms with Crippen molar-refractivity contribution in [3.8, 4) is 5.75 Å². The van der Waals surface area contributed by atoms with E-state index in [0.29, 0.717) is 6.54 Å². The zero-order valence-electron chi connectivity index (χ0n) is 8.08. The Morgan fingerprint density at radius 3 is 2.93 bits per heavy atom. The van der Waals surface area contributed by atoms with Gasteiger partial charge in [0.2, 0.25) is 5.91 Å². The summed E-state index contributed by atoms with van der Waals surface area (Å²) in [6.07, 6.45) is 0. The topological polar surface area (TPSA) is 61.4 Å². The minimum Gasteiger partial charge on any atom is -0.508 e. The lowest BCUT2D eigenvalue weighted by Gasteiger charge is -2.04. The lowest BCUT2D eigenvalue weighted by Crippen LogP contribution is -2.30. The van der Waals surface area contributed by atoms with Crippen molar-refractivity contribution in [3.05, 3.63) is 29.8 Å². The average Bonchev–Trinajstić information content (AvgIpc) is 2.17. The molecule has 76 valence electrons. The Bertz CT molecular complexity index is 313. The van der Waals surface area contributed by atoms with Crippen molar-refractivity contribution in [2.45, 2.75) is 6.54 Å². The lowest BCUT2D eigenvalue weighted by molar-refractivity contribution is -0.119. The summed E-state index contributed by atoms with van der Waals surface area (Å²) in [5.74, 6) is 0.189. The first-order chi connectivity index (χ1) is 6.72. The summed E-state index contributed by atoms with van der Waals surface area (Å²) in [7, 11) is 1.60. The summed E-state index contributed by atoms with van der Waals surface area (Å²) < 4.78 is 0. The van der Waals surface area contributed by atoms with Crippen molar-refractivity contribution >= 4 is 5.91 Å². The second-order valence-corrected chi connectivity index (χ2v) is 2.95. The summed E-state index contributed by atoms with van der Waals surface area (Å²) in [4.78, 5) is 10.8. The molecule has 0 fully saturated rings. The van der Waals surface area contributed by atoms with E-state index in [4.69, 9.17) is 5.11 Å². The molecule has 0 heterocycles. The molecule has 0 aliphatic heterocycles. The highest BCUT2D eigenvalue weighted by molar-refractivity contribution is 5.77. The molecule has 0 bridgehead atoms. The van der Waals surface area contributed by atoms with Gasteiger partial charge in [0.05, 0.1) is 6.54 Å². The van der Waals surface area contributed by atoms with Crippen molar-refractivity contribution in [3.63, 3.8) is 0 Å². The van der Waals surface area contributed by atoms with Crippen molar-refractivity contribution in [2.75, 3.05) is 13.6 Å². The van der Waals surface area contributed by atoms with E-state index in [1.54, 1.807) is 25.2 Å². The molecule has 0 aliphatic carbocycles. The normalized spacial score (nSPS) is 9.79. The fourth-order valence-electron chi connectivity index (χ4n) is 1.08. The molecule has 0 radical (unpaired) electrons. The maximum Gasteiger partial charge on any atom is 0.233 e. The van der Waals surface area contributed by atoms with Gasteiger partial charge in [0.25, 0.3) is 0 Å². The predicted molar refractivity (Wildman–Crippen MR) is 53.9 cm³/mol. The molecule has 3 N–H and O–H groups in total. The van der Waals surface area contributed by atoms with Crippen LogP contribution >= 0.6 is 0 Å². The zero-order valence-corrected chi connectivity index (χ0v) is 8.08. The summed E-state index contributed by atoms with van der Waals surface area (Å²) in [5.41, 5.74) is 0.953. The summed E-state index contributed by atoms with van der Waals surface area (Å²) in [6, 6.07) is 6.93. The number of likely N-dealkylation sites (N-methyl/N-ethyl adjacent to an activating group) is 1. The Labute approximate surface area is 82.9 Å². The molecule has 0 atom stereocenters. The molecule has 1 amide bonds. The average molecular weight is 194 g/mol. The Morgan fingerprint density at radius 2 is 2.29 bits per heavy atom. The van der Waals surface area contributed by atoms with Gasteiger partial charge in [-0.3, -0.25) is 4.79 Å². The number of amides is 1.